The van der Waals surface area contributed by atoms with Gasteiger partial charge in [0.2, 0.25) is 5.78 Å². The number of rotatable bonds is 0. The van der Waals surface area contributed by atoms with Crippen LogP contribution in [0.1, 0.15) is 34.6 Å². The fourth-order valence-electron chi connectivity index (χ4n) is 1.06. The minimum Gasteiger partial charge on any atom is -0.468 e. The number of carbonyl (C=O) groups excluding carboxylic acids is 1. The van der Waals surface area contributed by atoms with Gasteiger partial charge >= 0.3 is 0 Å². The summed E-state index contributed by atoms with van der Waals surface area (Å²) in [4.78, 5) is 11.5. The molecule has 0 atom stereocenters. The Morgan fingerprint density at radius 2 is 2.06 bits per heavy atom. The minimum absolute atomic E-state index is 0.0823. The van der Waals surface area contributed by atoms with Crippen LogP contribution in [-0.4, -0.2) is 18.2 Å². The van der Waals surface area contributed by atoms with E-state index in [0.29, 0.717) is 5.76 Å². The van der Waals surface area contributed by atoms with Crippen molar-refractivity contribution in [3.8, 4) is 11.8 Å². The summed E-state index contributed by atoms with van der Waals surface area (Å²) >= 11 is 0. The zero-order valence-corrected chi connectivity index (χ0v) is 10.5. The Morgan fingerprint density at radius 3 is 2.50 bits per heavy atom. The number of ether oxygens (including phenoxy) is 2. The quantitative estimate of drug-likeness (QED) is 0.466. The molecule has 0 spiro atoms. The monoisotopic (exact) mass is 222 g/mol. The molecule has 1 saturated heterocycles. The molecule has 1 fully saturated rings. The number of allylic oxidation sites excluding steroid dienone is 1. The number of carbonyl (C=O) groups is 1. The molecule has 0 amide bonds. The lowest BCUT2D eigenvalue weighted by molar-refractivity contribution is -0.120. The number of hydrogen-bond acceptors (Lipinski definition) is 3. The van der Waals surface area contributed by atoms with E-state index in [2.05, 4.69) is 11.8 Å². The highest BCUT2D eigenvalue weighted by molar-refractivity contribution is 5.99. The zero-order valence-electron chi connectivity index (χ0n) is 10.5. The van der Waals surface area contributed by atoms with E-state index in [0.717, 1.165) is 0 Å². The van der Waals surface area contributed by atoms with Gasteiger partial charge in [0, 0.05) is 11.5 Å². The van der Waals surface area contributed by atoms with E-state index in [1.165, 1.54) is 0 Å². The lowest BCUT2D eigenvalue weighted by Crippen LogP contribution is -2.19. The molecule has 0 N–H and O–H groups in total. The van der Waals surface area contributed by atoms with Gasteiger partial charge in [-0.2, -0.15) is 0 Å². The second-order valence-electron chi connectivity index (χ2n) is 5.27. The van der Waals surface area contributed by atoms with Crippen LogP contribution < -0.4 is 0 Å². The Hall–Kier alpha value is -1.27. The Labute approximate surface area is 96.8 Å². The molecule has 0 aromatic carbocycles. The number of ketones is 1. The van der Waals surface area contributed by atoms with Crippen LogP contribution >= 0.6 is 0 Å². The van der Waals surface area contributed by atoms with Crippen molar-refractivity contribution in [1.29, 1.82) is 0 Å². The van der Waals surface area contributed by atoms with E-state index in [-0.39, 0.29) is 12.6 Å². The molecule has 0 bridgehead atoms. The molecule has 1 rings (SSSR count). The fourth-order valence-corrected chi connectivity index (χ4v) is 1.06. The summed E-state index contributed by atoms with van der Waals surface area (Å²) in [6.45, 7) is 9.58. The first-order valence-electron chi connectivity index (χ1n) is 5.27. The van der Waals surface area contributed by atoms with Crippen LogP contribution in [0, 0.1) is 17.3 Å². The highest BCUT2D eigenvalue weighted by Gasteiger charge is 2.31. The summed E-state index contributed by atoms with van der Waals surface area (Å²) in [6.07, 6.45) is 1.61. The van der Waals surface area contributed by atoms with Gasteiger partial charge in [0.05, 0.1) is 0 Å². The molecule has 3 nitrogen and oxygen atoms in total. The number of hydrogen-bond donors (Lipinski definition) is 0. The summed E-state index contributed by atoms with van der Waals surface area (Å²) < 4.78 is 10.6. The van der Waals surface area contributed by atoms with Crippen molar-refractivity contribution in [2.24, 2.45) is 5.41 Å². The fraction of sp³-hybridized carbons (Fsp3) is 0.615. The molecule has 1 aliphatic heterocycles. The first-order chi connectivity index (χ1) is 7.23. The molecule has 3 heteroatoms. The predicted molar refractivity (Wildman–Crippen MR) is 61.4 cm³/mol. The van der Waals surface area contributed by atoms with Crippen molar-refractivity contribution in [3.05, 3.63) is 11.8 Å². The van der Waals surface area contributed by atoms with Crippen molar-refractivity contribution in [1.82, 2.24) is 0 Å². The van der Waals surface area contributed by atoms with Crippen molar-refractivity contribution in [2.75, 3.05) is 6.79 Å². The van der Waals surface area contributed by atoms with Crippen LogP contribution in [0.2, 0.25) is 0 Å². The molecular weight excluding hydrogens is 204 g/mol. The van der Waals surface area contributed by atoms with E-state index in [9.17, 15) is 4.79 Å². The number of Topliss-reactive ketones (excluding diaryl/α,β-unsaturated/α-hetero) is 1. The first kappa shape index (κ1) is 12.8. The third kappa shape index (κ3) is 3.11. The van der Waals surface area contributed by atoms with Gasteiger partial charge < -0.3 is 9.47 Å². The lowest BCUT2D eigenvalue weighted by atomic mass is 9.91. The summed E-state index contributed by atoms with van der Waals surface area (Å²) in [5, 5.41) is 0. The molecule has 1 aliphatic rings. The van der Waals surface area contributed by atoms with Crippen molar-refractivity contribution >= 4 is 5.78 Å². The Morgan fingerprint density at radius 1 is 1.44 bits per heavy atom. The van der Waals surface area contributed by atoms with Gasteiger partial charge in [0.1, 0.15) is 11.4 Å². The molecule has 16 heavy (non-hydrogen) atoms. The maximum atomic E-state index is 11.5. The molecule has 1 heterocycles. The molecule has 0 aromatic rings. The Balaban J connectivity index is 2.74. The van der Waals surface area contributed by atoms with Gasteiger partial charge in [-0.15, -0.1) is 0 Å². The SMILES string of the molecule is CC(C)(C)C(=O)C#CC=C1OCOC1(C)C. The molecule has 0 radical (unpaired) electrons. The van der Waals surface area contributed by atoms with Gasteiger partial charge in [-0.3, -0.25) is 4.79 Å². The maximum Gasteiger partial charge on any atom is 0.211 e. The van der Waals surface area contributed by atoms with Crippen LogP contribution in [0.3, 0.4) is 0 Å². The molecular formula is C13H18O3. The molecule has 88 valence electrons. The van der Waals surface area contributed by atoms with Crippen molar-refractivity contribution in [3.63, 3.8) is 0 Å². The standard InChI is InChI=1S/C13H18O3/c1-12(2,3)10(14)7-6-8-11-13(4,5)16-9-15-11/h8H,9H2,1-5H3. The zero-order chi connectivity index (χ0) is 12.4. The second-order valence-corrected chi connectivity index (χ2v) is 5.27. The van der Waals surface area contributed by atoms with Crippen LogP contribution in [-0.2, 0) is 14.3 Å². The third-order valence-corrected chi connectivity index (χ3v) is 2.30. The van der Waals surface area contributed by atoms with Gasteiger partial charge in [-0.25, -0.2) is 0 Å². The average molecular weight is 222 g/mol. The van der Waals surface area contributed by atoms with Gasteiger partial charge in [0.15, 0.2) is 6.79 Å². The van der Waals surface area contributed by atoms with Crippen molar-refractivity contribution < 1.29 is 14.3 Å². The van der Waals surface area contributed by atoms with Crippen LogP contribution in [0.25, 0.3) is 0 Å². The topological polar surface area (TPSA) is 35.5 Å². The van der Waals surface area contributed by atoms with Gasteiger partial charge in [0.25, 0.3) is 0 Å². The Bertz CT molecular complexity index is 372. The predicted octanol–water partition coefficient (Wildman–Crippen LogP) is 2.27. The highest BCUT2D eigenvalue weighted by atomic mass is 16.7. The molecule has 0 saturated carbocycles. The van der Waals surface area contributed by atoms with Crippen LogP contribution in [0.15, 0.2) is 11.8 Å². The van der Waals surface area contributed by atoms with Crippen molar-refractivity contribution in [2.45, 2.75) is 40.2 Å². The summed E-state index contributed by atoms with van der Waals surface area (Å²) in [6, 6.07) is 0. The summed E-state index contributed by atoms with van der Waals surface area (Å²) in [5.41, 5.74) is -0.868. The van der Waals surface area contributed by atoms with E-state index in [1.54, 1.807) is 6.08 Å². The maximum absolute atomic E-state index is 11.5. The normalized spacial score (nSPS) is 21.2. The van der Waals surface area contributed by atoms with Gasteiger partial charge in [-0.1, -0.05) is 26.7 Å². The van der Waals surface area contributed by atoms with E-state index >= 15 is 0 Å². The third-order valence-electron chi connectivity index (χ3n) is 2.30. The summed E-state index contributed by atoms with van der Waals surface area (Å²) in [5.74, 6) is 5.89. The van der Waals surface area contributed by atoms with Crippen LogP contribution in [0.4, 0.5) is 0 Å². The summed E-state index contributed by atoms with van der Waals surface area (Å²) in [7, 11) is 0. The lowest BCUT2D eigenvalue weighted by Gasteiger charge is -2.13. The molecule has 0 aromatic heterocycles. The molecule has 0 unspecified atom stereocenters. The largest absolute Gasteiger partial charge is 0.468 e. The van der Waals surface area contributed by atoms with E-state index < -0.39 is 11.0 Å². The van der Waals surface area contributed by atoms with Gasteiger partial charge in [-0.05, 0) is 19.8 Å². The Kier molecular flexibility index (Phi) is 3.44. The average Bonchev–Trinajstić information content (AvgIpc) is 2.44. The van der Waals surface area contributed by atoms with E-state index in [1.807, 2.05) is 34.6 Å². The smallest absolute Gasteiger partial charge is 0.211 e. The minimum atomic E-state index is -0.445. The highest BCUT2D eigenvalue weighted by Crippen LogP contribution is 2.27. The first-order valence-corrected chi connectivity index (χ1v) is 5.27. The van der Waals surface area contributed by atoms with E-state index in [4.69, 9.17) is 9.47 Å². The second kappa shape index (κ2) is 4.31. The molecule has 0 aliphatic carbocycles. The van der Waals surface area contributed by atoms with Crippen LogP contribution in [0.5, 0.6) is 0 Å².